The van der Waals surface area contributed by atoms with Crippen LogP contribution in [0.1, 0.15) is 34.2 Å². The highest BCUT2D eigenvalue weighted by Gasteiger charge is 2.31. The minimum absolute atomic E-state index is 0.0164. The van der Waals surface area contributed by atoms with Crippen molar-refractivity contribution in [2.45, 2.75) is 32.4 Å². The molecule has 0 aliphatic heterocycles. The first-order chi connectivity index (χ1) is 10.7. The first kappa shape index (κ1) is 16.7. The zero-order valence-corrected chi connectivity index (χ0v) is 12.3. The quantitative estimate of drug-likeness (QED) is 0.863. The van der Waals surface area contributed by atoms with Gasteiger partial charge >= 0.3 is 6.18 Å². The third-order valence-electron chi connectivity index (χ3n) is 3.39. The van der Waals surface area contributed by atoms with E-state index in [1.807, 2.05) is 0 Å². The maximum atomic E-state index is 12.5. The van der Waals surface area contributed by atoms with E-state index in [-0.39, 0.29) is 12.1 Å². The lowest BCUT2D eigenvalue weighted by Gasteiger charge is -2.10. The predicted molar refractivity (Wildman–Crippen MR) is 72.3 cm³/mol. The van der Waals surface area contributed by atoms with Gasteiger partial charge in [-0.1, -0.05) is 5.16 Å². The van der Waals surface area contributed by atoms with Gasteiger partial charge in [-0.15, -0.1) is 0 Å². The van der Waals surface area contributed by atoms with Crippen molar-refractivity contribution < 1.29 is 22.5 Å². The number of hydrogen-bond acceptors (Lipinski definition) is 5. The number of halogens is 3. The van der Waals surface area contributed by atoms with Gasteiger partial charge in [-0.25, -0.2) is 0 Å². The van der Waals surface area contributed by atoms with Crippen LogP contribution in [-0.4, -0.2) is 15.9 Å². The van der Waals surface area contributed by atoms with Crippen LogP contribution in [0.4, 0.5) is 13.2 Å². The molecule has 0 aliphatic carbocycles. The molecule has 0 saturated carbocycles. The Morgan fingerprint density at radius 2 is 2.09 bits per heavy atom. The van der Waals surface area contributed by atoms with Gasteiger partial charge in [0.05, 0.1) is 23.0 Å². The molecule has 23 heavy (non-hydrogen) atoms. The lowest BCUT2D eigenvalue weighted by atomic mass is 9.95. The third kappa shape index (κ3) is 3.56. The number of aryl methyl sites for hydroxylation is 2. The van der Waals surface area contributed by atoms with Gasteiger partial charge in [0.25, 0.3) is 0 Å². The summed E-state index contributed by atoms with van der Waals surface area (Å²) in [6, 6.07) is 3.63. The molecule has 0 unspecified atom stereocenters. The molecule has 2 aromatic heterocycles. The van der Waals surface area contributed by atoms with E-state index in [1.54, 1.807) is 19.9 Å². The Hall–Kier alpha value is -2.69. The fraction of sp³-hybridized carbons (Fsp3) is 0.333. The minimum atomic E-state index is -4.52. The van der Waals surface area contributed by atoms with Gasteiger partial charge in [0, 0.05) is 18.2 Å². The Kier molecular flexibility index (Phi) is 4.50. The van der Waals surface area contributed by atoms with Gasteiger partial charge in [-0.3, -0.25) is 9.78 Å². The van der Waals surface area contributed by atoms with E-state index in [1.165, 1.54) is 0 Å². The lowest BCUT2D eigenvalue weighted by molar-refractivity contribution is -0.137. The minimum Gasteiger partial charge on any atom is -0.361 e. The number of hydrogen-bond donors (Lipinski definition) is 0. The summed E-state index contributed by atoms with van der Waals surface area (Å²) in [6.45, 7) is 3.30. The molecule has 0 N–H and O–H groups in total. The van der Waals surface area contributed by atoms with E-state index >= 15 is 0 Å². The van der Waals surface area contributed by atoms with Crippen LogP contribution in [0.3, 0.4) is 0 Å². The largest absolute Gasteiger partial charge is 0.417 e. The van der Waals surface area contributed by atoms with E-state index in [0.717, 1.165) is 12.1 Å². The first-order valence-electron chi connectivity index (χ1n) is 6.61. The normalized spacial score (nSPS) is 12.7. The number of nitrogens with zero attached hydrogens (tertiary/aromatic N) is 3. The monoisotopic (exact) mass is 323 g/mol. The van der Waals surface area contributed by atoms with E-state index in [9.17, 15) is 23.2 Å². The molecule has 0 aliphatic rings. The fourth-order valence-electron chi connectivity index (χ4n) is 2.08. The van der Waals surface area contributed by atoms with Crippen LogP contribution in [0, 0.1) is 25.2 Å². The SMILES string of the molecule is Cc1noc(C)c1CC(=O)[C@@H](C#N)c1ccc(C(F)(F)F)cn1. The molecule has 0 aromatic carbocycles. The van der Waals surface area contributed by atoms with Crippen molar-refractivity contribution >= 4 is 5.78 Å². The molecule has 1 atom stereocenters. The first-order valence-corrected chi connectivity index (χ1v) is 6.61. The number of rotatable bonds is 4. The van der Waals surface area contributed by atoms with Crippen LogP contribution in [0.15, 0.2) is 22.9 Å². The van der Waals surface area contributed by atoms with Gasteiger partial charge in [-0.05, 0) is 26.0 Å². The van der Waals surface area contributed by atoms with Crippen molar-refractivity contribution in [2.24, 2.45) is 0 Å². The maximum absolute atomic E-state index is 12.5. The average molecular weight is 323 g/mol. The molecule has 2 rings (SSSR count). The molecule has 0 fully saturated rings. The standard InChI is InChI=1S/C15H12F3N3O2/c1-8-11(9(2)23-21-8)5-14(22)12(6-19)13-4-3-10(7-20-13)15(16,17)18/h3-4,7,12H,5H2,1-2H3/t12-/m0/s1. The predicted octanol–water partition coefficient (Wildman–Crippen LogP) is 3.12. The summed E-state index contributed by atoms with van der Waals surface area (Å²) < 4.78 is 42.5. The van der Waals surface area contributed by atoms with Crippen molar-refractivity contribution in [1.82, 2.24) is 10.1 Å². The number of Topliss-reactive ketones (excluding diaryl/α,β-unsaturated/α-hetero) is 1. The van der Waals surface area contributed by atoms with Gasteiger partial charge in [0.1, 0.15) is 11.7 Å². The molecular formula is C15H12F3N3O2. The van der Waals surface area contributed by atoms with Gasteiger partial charge in [0.2, 0.25) is 0 Å². The summed E-state index contributed by atoms with van der Waals surface area (Å²) >= 11 is 0. The van der Waals surface area contributed by atoms with Crippen LogP contribution in [0.2, 0.25) is 0 Å². The maximum Gasteiger partial charge on any atom is 0.417 e. The second kappa shape index (κ2) is 6.20. The van der Waals surface area contributed by atoms with E-state index in [2.05, 4.69) is 10.1 Å². The van der Waals surface area contributed by atoms with Crippen LogP contribution in [0.25, 0.3) is 0 Å². The number of nitriles is 1. The van der Waals surface area contributed by atoms with Crippen LogP contribution >= 0.6 is 0 Å². The fourth-order valence-corrected chi connectivity index (χ4v) is 2.08. The van der Waals surface area contributed by atoms with E-state index in [4.69, 9.17) is 4.52 Å². The highest BCUT2D eigenvalue weighted by molar-refractivity contribution is 5.90. The third-order valence-corrected chi connectivity index (χ3v) is 3.39. The van der Waals surface area contributed by atoms with E-state index in [0.29, 0.717) is 23.2 Å². The van der Waals surface area contributed by atoms with Gasteiger partial charge in [0.15, 0.2) is 5.78 Å². The Balaban J connectivity index is 2.23. The Morgan fingerprint density at radius 3 is 2.52 bits per heavy atom. The molecular weight excluding hydrogens is 311 g/mol. The summed E-state index contributed by atoms with van der Waals surface area (Å²) in [5.41, 5.74) is 0.156. The molecule has 120 valence electrons. The summed E-state index contributed by atoms with van der Waals surface area (Å²) in [6.07, 6.45) is -4.00. The molecule has 0 spiro atoms. The molecule has 0 radical (unpaired) electrons. The Morgan fingerprint density at radius 1 is 1.39 bits per heavy atom. The number of alkyl halides is 3. The smallest absolute Gasteiger partial charge is 0.361 e. The highest BCUT2D eigenvalue weighted by atomic mass is 19.4. The van der Waals surface area contributed by atoms with Crippen molar-refractivity contribution in [2.75, 3.05) is 0 Å². The number of carbonyl (C=O) groups is 1. The van der Waals surface area contributed by atoms with Crippen molar-refractivity contribution in [3.63, 3.8) is 0 Å². The second-order valence-corrected chi connectivity index (χ2v) is 4.98. The van der Waals surface area contributed by atoms with Crippen molar-refractivity contribution in [1.29, 1.82) is 5.26 Å². The van der Waals surface area contributed by atoms with Crippen LogP contribution in [0.5, 0.6) is 0 Å². The van der Waals surface area contributed by atoms with Gasteiger partial charge in [-0.2, -0.15) is 18.4 Å². The molecule has 0 amide bonds. The number of aromatic nitrogens is 2. The number of pyridine rings is 1. The topological polar surface area (TPSA) is 79.8 Å². The zero-order chi connectivity index (χ0) is 17.2. The van der Waals surface area contributed by atoms with E-state index < -0.39 is 23.4 Å². The molecule has 0 saturated heterocycles. The lowest BCUT2D eigenvalue weighted by Crippen LogP contribution is -2.16. The van der Waals surface area contributed by atoms with Crippen LogP contribution < -0.4 is 0 Å². The number of ketones is 1. The van der Waals surface area contributed by atoms with Crippen molar-refractivity contribution in [3.05, 3.63) is 46.6 Å². The summed E-state index contributed by atoms with van der Waals surface area (Å²) in [7, 11) is 0. The second-order valence-electron chi connectivity index (χ2n) is 4.98. The molecule has 2 heterocycles. The zero-order valence-electron chi connectivity index (χ0n) is 12.3. The van der Waals surface area contributed by atoms with Gasteiger partial charge < -0.3 is 4.52 Å². The number of carbonyl (C=O) groups excluding carboxylic acids is 1. The van der Waals surface area contributed by atoms with Crippen molar-refractivity contribution in [3.8, 4) is 6.07 Å². The molecule has 8 heteroatoms. The molecule has 0 bridgehead atoms. The molecule has 2 aromatic rings. The average Bonchev–Trinajstić information content (AvgIpc) is 2.79. The summed E-state index contributed by atoms with van der Waals surface area (Å²) in [4.78, 5) is 15.9. The molecule has 5 nitrogen and oxygen atoms in total. The summed E-state index contributed by atoms with van der Waals surface area (Å²) in [5.74, 6) is -1.26. The highest BCUT2D eigenvalue weighted by Crippen LogP contribution is 2.29. The Bertz CT molecular complexity index is 738. The Labute approximate surface area is 129 Å². The summed E-state index contributed by atoms with van der Waals surface area (Å²) in [5, 5.41) is 12.9. The van der Waals surface area contributed by atoms with Crippen LogP contribution in [-0.2, 0) is 17.4 Å².